The molecule has 5 heteroatoms. The maximum absolute atomic E-state index is 12.6. The number of nitrogens with one attached hydrogen (secondary N) is 1. The Morgan fingerprint density at radius 2 is 1.78 bits per heavy atom. The van der Waals surface area contributed by atoms with Crippen LogP contribution in [0.2, 0.25) is 0 Å². The van der Waals surface area contributed by atoms with E-state index in [1.54, 1.807) is 0 Å². The minimum absolute atomic E-state index is 0.0429. The summed E-state index contributed by atoms with van der Waals surface area (Å²) in [5, 5.41) is 2.89. The number of nitrogens with zero attached hydrogens (tertiary/aromatic N) is 1. The maximum atomic E-state index is 12.6. The fourth-order valence-corrected chi connectivity index (χ4v) is 2.98. The molecule has 126 valence electrons. The fraction of sp³-hybridized carbons (Fsp3) is 0.556. The topological polar surface area (TPSA) is 58.6 Å². The molecule has 1 N–H and O–H groups in total. The molecule has 0 spiro atoms. The lowest BCUT2D eigenvalue weighted by molar-refractivity contribution is -0.143. The van der Waals surface area contributed by atoms with Crippen molar-refractivity contribution in [1.82, 2.24) is 10.2 Å². The SMILES string of the molecule is CC(=O)N[C@H](CC(=O)N1C[C@@H](C)O[C@H](C)C1)c1ccc(C)cc1. The van der Waals surface area contributed by atoms with Gasteiger partial charge in [0.25, 0.3) is 0 Å². The Balaban J connectivity index is 2.09. The van der Waals surface area contributed by atoms with Crippen LogP contribution in [0.5, 0.6) is 0 Å². The van der Waals surface area contributed by atoms with Crippen molar-refractivity contribution >= 4 is 11.8 Å². The first-order valence-electron chi connectivity index (χ1n) is 8.12. The van der Waals surface area contributed by atoms with E-state index in [0.29, 0.717) is 13.1 Å². The monoisotopic (exact) mass is 318 g/mol. The highest BCUT2D eigenvalue weighted by molar-refractivity contribution is 5.79. The largest absolute Gasteiger partial charge is 0.372 e. The standard InChI is InChI=1S/C18H26N2O3/c1-12-5-7-16(8-6-12)17(19-15(4)21)9-18(22)20-10-13(2)23-14(3)11-20/h5-8,13-14,17H,9-11H2,1-4H3,(H,19,21)/t13-,14-,17-/m1/s1. The zero-order valence-electron chi connectivity index (χ0n) is 14.3. The first-order chi connectivity index (χ1) is 10.8. The summed E-state index contributed by atoms with van der Waals surface area (Å²) in [6.45, 7) is 8.64. The third-order valence-electron chi connectivity index (χ3n) is 4.01. The van der Waals surface area contributed by atoms with Gasteiger partial charge in [-0.15, -0.1) is 0 Å². The molecule has 0 bridgehead atoms. The smallest absolute Gasteiger partial charge is 0.225 e. The van der Waals surface area contributed by atoms with Crippen LogP contribution in [-0.4, -0.2) is 42.0 Å². The van der Waals surface area contributed by atoms with Crippen molar-refractivity contribution in [2.24, 2.45) is 0 Å². The van der Waals surface area contributed by atoms with E-state index in [4.69, 9.17) is 4.74 Å². The molecule has 1 aliphatic heterocycles. The van der Waals surface area contributed by atoms with Crippen LogP contribution in [0.4, 0.5) is 0 Å². The van der Waals surface area contributed by atoms with Crippen LogP contribution in [0.1, 0.15) is 44.4 Å². The van der Waals surface area contributed by atoms with Gasteiger partial charge in [-0.2, -0.15) is 0 Å². The van der Waals surface area contributed by atoms with Gasteiger partial charge >= 0.3 is 0 Å². The third kappa shape index (κ3) is 5.06. The summed E-state index contributed by atoms with van der Waals surface area (Å²) in [7, 11) is 0. The summed E-state index contributed by atoms with van der Waals surface area (Å²) in [6.07, 6.45) is 0.352. The van der Waals surface area contributed by atoms with Crippen molar-refractivity contribution < 1.29 is 14.3 Å². The van der Waals surface area contributed by atoms with Gasteiger partial charge in [-0.05, 0) is 26.3 Å². The predicted octanol–water partition coefficient (Wildman–Crippen LogP) is 2.20. The Bertz CT molecular complexity index is 546. The van der Waals surface area contributed by atoms with Crippen molar-refractivity contribution in [1.29, 1.82) is 0 Å². The molecule has 23 heavy (non-hydrogen) atoms. The van der Waals surface area contributed by atoms with Crippen LogP contribution in [0.15, 0.2) is 24.3 Å². The van der Waals surface area contributed by atoms with E-state index >= 15 is 0 Å². The second-order valence-electron chi connectivity index (χ2n) is 6.42. The first-order valence-corrected chi connectivity index (χ1v) is 8.12. The summed E-state index contributed by atoms with van der Waals surface area (Å²) in [5.74, 6) is -0.0848. The Labute approximate surface area is 138 Å². The van der Waals surface area contributed by atoms with Crippen LogP contribution in [0, 0.1) is 6.92 Å². The molecule has 0 aromatic heterocycles. The lowest BCUT2D eigenvalue weighted by Crippen LogP contribution is -2.49. The lowest BCUT2D eigenvalue weighted by Gasteiger charge is -2.36. The molecule has 1 saturated heterocycles. The molecular weight excluding hydrogens is 292 g/mol. The van der Waals surface area contributed by atoms with Crippen molar-refractivity contribution in [2.45, 2.75) is 52.4 Å². The minimum Gasteiger partial charge on any atom is -0.372 e. The summed E-state index contributed by atoms with van der Waals surface area (Å²) >= 11 is 0. The molecule has 5 nitrogen and oxygen atoms in total. The highest BCUT2D eigenvalue weighted by atomic mass is 16.5. The zero-order valence-corrected chi connectivity index (χ0v) is 14.3. The predicted molar refractivity (Wildman–Crippen MR) is 88.9 cm³/mol. The van der Waals surface area contributed by atoms with Crippen molar-refractivity contribution in [3.63, 3.8) is 0 Å². The van der Waals surface area contributed by atoms with Gasteiger partial charge < -0.3 is 15.0 Å². The van der Waals surface area contributed by atoms with Crippen LogP contribution in [-0.2, 0) is 14.3 Å². The molecule has 2 rings (SSSR count). The number of ether oxygens (including phenoxy) is 1. The van der Waals surface area contributed by atoms with Gasteiger partial charge in [-0.1, -0.05) is 29.8 Å². The van der Waals surface area contributed by atoms with Gasteiger partial charge in [0.15, 0.2) is 0 Å². The Morgan fingerprint density at radius 3 is 2.30 bits per heavy atom. The molecule has 1 aliphatic rings. The van der Waals surface area contributed by atoms with E-state index in [1.807, 2.05) is 49.9 Å². The number of hydrogen-bond donors (Lipinski definition) is 1. The van der Waals surface area contributed by atoms with Crippen LogP contribution < -0.4 is 5.32 Å². The summed E-state index contributed by atoms with van der Waals surface area (Å²) in [6, 6.07) is 7.62. The molecule has 0 saturated carbocycles. The Morgan fingerprint density at radius 1 is 1.22 bits per heavy atom. The lowest BCUT2D eigenvalue weighted by atomic mass is 10.0. The fourth-order valence-electron chi connectivity index (χ4n) is 2.98. The zero-order chi connectivity index (χ0) is 17.0. The molecular formula is C18H26N2O3. The molecule has 1 fully saturated rings. The molecule has 1 heterocycles. The molecule has 3 atom stereocenters. The molecule has 0 unspecified atom stereocenters. The average molecular weight is 318 g/mol. The van der Waals surface area contributed by atoms with Crippen molar-refractivity contribution in [3.05, 3.63) is 35.4 Å². The van der Waals surface area contributed by atoms with Gasteiger partial charge in [0.05, 0.1) is 24.7 Å². The highest BCUT2D eigenvalue weighted by Crippen LogP contribution is 2.20. The molecule has 1 aromatic rings. The van der Waals surface area contributed by atoms with Gasteiger partial charge in [0.2, 0.25) is 11.8 Å². The quantitative estimate of drug-likeness (QED) is 0.926. The van der Waals surface area contributed by atoms with Crippen LogP contribution in [0.25, 0.3) is 0 Å². The molecule has 0 radical (unpaired) electrons. The molecule has 1 aromatic carbocycles. The van der Waals surface area contributed by atoms with Gasteiger partial charge in [-0.3, -0.25) is 9.59 Å². The van der Waals surface area contributed by atoms with Gasteiger partial charge in [0, 0.05) is 20.0 Å². The van der Waals surface area contributed by atoms with Crippen molar-refractivity contribution in [2.75, 3.05) is 13.1 Å². The van der Waals surface area contributed by atoms with E-state index in [0.717, 1.165) is 11.1 Å². The minimum atomic E-state index is -0.297. The van der Waals surface area contributed by atoms with Crippen LogP contribution >= 0.6 is 0 Å². The Hall–Kier alpha value is -1.88. The number of morpholine rings is 1. The molecule has 0 aliphatic carbocycles. The van der Waals surface area contributed by atoms with E-state index in [1.165, 1.54) is 6.92 Å². The summed E-state index contributed by atoms with van der Waals surface area (Å²) < 4.78 is 5.67. The maximum Gasteiger partial charge on any atom is 0.225 e. The third-order valence-corrected chi connectivity index (χ3v) is 4.01. The second kappa shape index (κ2) is 7.59. The number of rotatable bonds is 4. The highest BCUT2D eigenvalue weighted by Gasteiger charge is 2.28. The van der Waals surface area contributed by atoms with Crippen LogP contribution in [0.3, 0.4) is 0 Å². The van der Waals surface area contributed by atoms with Crippen molar-refractivity contribution in [3.8, 4) is 0 Å². The average Bonchev–Trinajstić information content (AvgIpc) is 2.45. The van der Waals surface area contributed by atoms with E-state index in [2.05, 4.69) is 5.32 Å². The van der Waals surface area contributed by atoms with Gasteiger partial charge in [-0.25, -0.2) is 0 Å². The molecule has 2 amide bonds. The number of amides is 2. The number of hydrogen-bond acceptors (Lipinski definition) is 3. The van der Waals surface area contributed by atoms with E-state index in [9.17, 15) is 9.59 Å². The van der Waals surface area contributed by atoms with E-state index < -0.39 is 0 Å². The first kappa shape index (κ1) is 17.5. The Kier molecular flexibility index (Phi) is 5.77. The summed E-state index contributed by atoms with van der Waals surface area (Å²) in [5.41, 5.74) is 2.10. The number of carbonyl (C=O) groups excluding carboxylic acids is 2. The number of aryl methyl sites for hydroxylation is 1. The van der Waals surface area contributed by atoms with Gasteiger partial charge in [0.1, 0.15) is 0 Å². The number of carbonyl (C=O) groups is 2. The van der Waals surface area contributed by atoms with E-state index in [-0.39, 0.29) is 36.5 Å². The number of benzene rings is 1. The normalized spacial score (nSPS) is 22.5. The second-order valence-corrected chi connectivity index (χ2v) is 6.42. The summed E-state index contributed by atoms with van der Waals surface area (Å²) in [4.78, 5) is 26.0.